The van der Waals surface area contributed by atoms with E-state index >= 15 is 0 Å². The highest BCUT2D eigenvalue weighted by Gasteiger charge is 2.36. The Bertz CT molecular complexity index is 1580. The molecule has 15 heteroatoms. The summed E-state index contributed by atoms with van der Waals surface area (Å²) in [5.74, 6) is -1.54. The van der Waals surface area contributed by atoms with E-state index < -0.39 is 34.5 Å². The first kappa shape index (κ1) is 26.7. The lowest BCUT2D eigenvalue weighted by Gasteiger charge is -2.19. The van der Waals surface area contributed by atoms with E-state index in [1.54, 1.807) is 7.05 Å². The predicted molar refractivity (Wildman–Crippen MR) is 127 cm³/mol. The van der Waals surface area contributed by atoms with Gasteiger partial charge in [0, 0.05) is 30.8 Å². The molecule has 0 N–H and O–H groups in total. The Kier molecular flexibility index (Phi) is 7.18. The van der Waals surface area contributed by atoms with Gasteiger partial charge in [0.15, 0.2) is 17.6 Å². The van der Waals surface area contributed by atoms with Gasteiger partial charge in [0.25, 0.3) is 0 Å². The van der Waals surface area contributed by atoms with Gasteiger partial charge in [-0.25, -0.2) is 9.07 Å². The minimum atomic E-state index is -4.78. The highest BCUT2D eigenvalue weighted by molar-refractivity contribution is 9.10. The monoisotopic (exact) mass is 593 g/mol. The molecule has 1 aromatic carbocycles. The van der Waals surface area contributed by atoms with E-state index in [0.29, 0.717) is 10.2 Å². The lowest BCUT2D eigenvalue weighted by atomic mass is 10.1. The number of rotatable bonds is 7. The third kappa shape index (κ3) is 5.49. The molecule has 0 aliphatic rings. The molecule has 10 nitrogen and oxygen atoms in total. The van der Waals surface area contributed by atoms with Crippen LogP contribution in [0.4, 0.5) is 23.4 Å². The van der Waals surface area contributed by atoms with Crippen molar-refractivity contribution in [3.63, 3.8) is 0 Å². The average Bonchev–Trinajstić information content (AvgIpc) is 3.42. The zero-order valence-corrected chi connectivity index (χ0v) is 21.2. The van der Waals surface area contributed by atoms with Gasteiger partial charge in [-0.05, 0) is 63.1 Å². The fraction of sp³-hybridized carbons (Fsp3) is 0.217. The number of nitrogens with zero attached hydrogens (tertiary/aromatic N) is 7. The Morgan fingerprint density at radius 1 is 1.21 bits per heavy atom. The first-order valence-corrected chi connectivity index (χ1v) is 11.5. The number of nitro groups is 1. The fourth-order valence-electron chi connectivity index (χ4n) is 3.74. The van der Waals surface area contributed by atoms with Crippen molar-refractivity contribution in [3.8, 4) is 17.5 Å². The van der Waals surface area contributed by atoms with E-state index in [4.69, 9.17) is 10.00 Å². The summed E-state index contributed by atoms with van der Waals surface area (Å²) in [6.07, 6.45) is -4.76. The third-order valence-corrected chi connectivity index (χ3v) is 5.89. The molecule has 4 aromatic rings. The minimum absolute atomic E-state index is 0.0534. The zero-order valence-electron chi connectivity index (χ0n) is 19.6. The fourth-order valence-corrected chi connectivity index (χ4v) is 4.05. The Balaban J connectivity index is 1.82. The van der Waals surface area contributed by atoms with Crippen LogP contribution in [-0.4, -0.2) is 29.5 Å². The molecule has 1 atom stereocenters. The van der Waals surface area contributed by atoms with Crippen LogP contribution in [0.5, 0.6) is 5.75 Å². The highest BCUT2D eigenvalue weighted by atomic mass is 79.9. The van der Waals surface area contributed by atoms with Crippen LogP contribution in [0.1, 0.15) is 41.4 Å². The van der Waals surface area contributed by atoms with Crippen molar-refractivity contribution in [3.05, 3.63) is 91.3 Å². The Labute approximate surface area is 220 Å². The maximum Gasteiger partial charge on any atom is 0.435 e. The van der Waals surface area contributed by atoms with Crippen molar-refractivity contribution in [2.24, 2.45) is 7.05 Å². The van der Waals surface area contributed by atoms with Crippen LogP contribution in [0.15, 0.2) is 47.1 Å². The van der Waals surface area contributed by atoms with Crippen LogP contribution >= 0.6 is 15.9 Å². The number of aromatic nitrogens is 5. The number of ether oxygens (including phenoxy) is 1. The molecule has 0 radical (unpaired) electrons. The molecule has 0 saturated carbocycles. The standard InChI is InChI=1S/C23H16BrF4N7O3/c1-12(38-20-5-13(24)11-30-22(20)35(36)37)18-6-14(25)3-4-19(18)34-17(9-21(32-34)23(26,27)28)8-16-7-15(10-29)31-33(16)2/h3-7,9,11-12H,8H2,1-2H3/t12-/m1/s1. The maximum atomic E-state index is 14.3. The zero-order chi connectivity index (χ0) is 27.8. The summed E-state index contributed by atoms with van der Waals surface area (Å²) in [5.41, 5.74) is -0.484. The summed E-state index contributed by atoms with van der Waals surface area (Å²) in [6.45, 7) is 1.46. The normalized spacial score (nSPS) is 12.3. The third-order valence-electron chi connectivity index (χ3n) is 5.46. The summed E-state index contributed by atoms with van der Waals surface area (Å²) in [6, 6.07) is 8.78. The molecule has 38 heavy (non-hydrogen) atoms. The molecule has 0 unspecified atom stereocenters. The predicted octanol–water partition coefficient (Wildman–Crippen LogP) is 5.43. The Morgan fingerprint density at radius 2 is 1.95 bits per heavy atom. The molecule has 4 rings (SSSR count). The molecule has 196 valence electrons. The highest BCUT2D eigenvalue weighted by Crippen LogP contribution is 2.35. The summed E-state index contributed by atoms with van der Waals surface area (Å²) in [4.78, 5) is 14.4. The number of benzene rings is 1. The summed E-state index contributed by atoms with van der Waals surface area (Å²) >= 11 is 3.16. The smallest absolute Gasteiger partial charge is 0.435 e. The van der Waals surface area contributed by atoms with E-state index in [9.17, 15) is 27.7 Å². The molecule has 0 spiro atoms. The summed E-state index contributed by atoms with van der Waals surface area (Å²) in [7, 11) is 1.54. The van der Waals surface area contributed by atoms with Crippen LogP contribution < -0.4 is 4.74 Å². The molecule has 0 saturated heterocycles. The lowest BCUT2D eigenvalue weighted by molar-refractivity contribution is -0.390. The Morgan fingerprint density at radius 3 is 2.58 bits per heavy atom. The topological polar surface area (TPSA) is 125 Å². The van der Waals surface area contributed by atoms with Crippen LogP contribution in [-0.2, 0) is 19.6 Å². The molecule has 0 amide bonds. The van der Waals surface area contributed by atoms with Gasteiger partial charge < -0.3 is 14.9 Å². The van der Waals surface area contributed by atoms with Gasteiger partial charge in [0.1, 0.15) is 18.0 Å². The quantitative estimate of drug-likeness (QED) is 0.159. The molecule has 0 aliphatic heterocycles. The average molecular weight is 594 g/mol. The van der Waals surface area contributed by atoms with E-state index in [1.807, 2.05) is 6.07 Å². The molecule has 0 bridgehead atoms. The van der Waals surface area contributed by atoms with E-state index in [1.165, 1.54) is 36.0 Å². The number of nitriles is 1. The number of hydrogen-bond acceptors (Lipinski definition) is 7. The second-order valence-corrected chi connectivity index (χ2v) is 8.97. The first-order chi connectivity index (χ1) is 17.9. The van der Waals surface area contributed by atoms with E-state index in [0.717, 1.165) is 22.9 Å². The second-order valence-electron chi connectivity index (χ2n) is 8.06. The lowest BCUT2D eigenvalue weighted by Crippen LogP contribution is -2.14. The summed E-state index contributed by atoms with van der Waals surface area (Å²) < 4.78 is 63.8. The SMILES string of the molecule is C[C@@H](Oc1cc(Br)cnc1[N+](=O)[O-])c1cc(F)ccc1-n1nc(C(F)(F)F)cc1Cc1cc(C#N)nn1C. The van der Waals surface area contributed by atoms with Crippen molar-refractivity contribution >= 4 is 21.7 Å². The van der Waals surface area contributed by atoms with Gasteiger partial charge in [0.2, 0.25) is 5.75 Å². The van der Waals surface area contributed by atoms with Crippen molar-refractivity contribution in [1.82, 2.24) is 24.5 Å². The first-order valence-electron chi connectivity index (χ1n) is 10.7. The van der Waals surface area contributed by atoms with Gasteiger partial charge in [-0.1, -0.05) is 0 Å². The Hall–Kier alpha value is -4.32. The largest absolute Gasteiger partial charge is 0.478 e. The van der Waals surface area contributed by atoms with Crippen LogP contribution in [0.25, 0.3) is 5.69 Å². The van der Waals surface area contributed by atoms with Crippen LogP contribution in [0.3, 0.4) is 0 Å². The molecule has 3 heterocycles. The van der Waals surface area contributed by atoms with E-state index in [2.05, 4.69) is 31.1 Å². The van der Waals surface area contributed by atoms with Crippen molar-refractivity contribution in [2.45, 2.75) is 25.6 Å². The van der Waals surface area contributed by atoms with Crippen LogP contribution in [0, 0.1) is 27.3 Å². The maximum absolute atomic E-state index is 14.3. The molecular weight excluding hydrogens is 578 g/mol. The second kappa shape index (κ2) is 10.2. The van der Waals surface area contributed by atoms with E-state index in [-0.39, 0.29) is 34.8 Å². The van der Waals surface area contributed by atoms with Crippen molar-refractivity contribution < 1.29 is 27.2 Å². The van der Waals surface area contributed by atoms with Crippen molar-refractivity contribution in [2.75, 3.05) is 0 Å². The van der Waals surface area contributed by atoms with Gasteiger partial charge in [-0.2, -0.15) is 28.6 Å². The number of halogens is 5. The van der Waals surface area contributed by atoms with Gasteiger partial charge in [-0.3, -0.25) is 4.68 Å². The number of pyridine rings is 1. The van der Waals surface area contributed by atoms with Crippen LogP contribution in [0.2, 0.25) is 0 Å². The molecule has 3 aromatic heterocycles. The molecule has 0 aliphatic carbocycles. The van der Waals surface area contributed by atoms with Gasteiger partial charge in [0.05, 0.1) is 15.9 Å². The van der Waals surface area contributed by atoms with Crippen molar-refractivity contribution in [1.29, 1.82) is 5.26 Å². The van der Waals surface area contributed by atoms with Gasteiger partial charge >= 0.3 is 12.0 Å². The number of aryl methyl sites for hydroxylation is 1. The number of alkyl halides is 3. The summed E-state index contributed by atoms with van der Waals surface area (Å²) in [5, 5.41) is 28.2. The van der Waals surface area contributed by atoms with Gasteiger partial charge in [-0.15, -0.1) is 0 Å². The minimum Gasteiger partial charge on any atom is -0.478 e. The molecule has 0 fully saturated rings. The number of hydrogen-bond donors (Lipinski definition) is 0. The molecular formula is C23H16BrF4N7O3.